The normalized spacial score (nSPS) is 20.2. The first-order valence-electron chi connectivity index (χ1n) is 7.59. The van der Waals surface area contributed by atoms with Gasteiger partial charge in [0.15, 0.2) is 0 Å². The second-order valence-electron chi connectivity index (χ2n) is 5.68. The van der Waals surface area contributed by atoms with Crippen LogP contribution in [0.5, 0.6) is 5.75 Å². The van der Waals surface area contributed by atoms with E-state index in [0.29, 0.717) is 5.75 Å². The molecule has 2 aromatic carbocycles. The molecule has 1 heterocycles. The van der Waals surface area contributed by atoms with E-state index in [2.05, 4.69) is 21.2 Å². The lowest BCUT2D eigenvalue weighted by atomic mass is 9.92. The van der Waals surface area contributed by atoms with Gasteiger partial charge in [0.25, 0.3) is 5.91 Å². The highest BCUT2D eigenvalue weighted by Crippen LogP contribution is 2.28. The van der Waals surface area contributed by atoms with Crippen LogP contribution in [0.2, 0.25) is 0 Å². The fourth-order valence-corrected chi connectivity index (χ4v) is 2.92. The average Bonchev–Trinajstić information content (AvgIpc) is 2.81. The zero-order chi connectivity index (χ0) is 17.2. The highest BCUT2D eigenvalue weighted by Gasteiger charge is 2.48. The summed E-state index contributed by atoms with van der Waals surface area (Å²) in [6.45, 7) is 2.16. The number of nitrogens with one attached hydrogen (secondary N) is 1. The number of carbonyl (C=O) groups is 2. The van der Waals surface area contributed by atoms with Crippen molar-refractivity contribution in [1.82, 2.24) is 10.2 Å². The number of nitrogens with zero attached hydrogens (tertiary/aromatic N) is 1. The van der Waals surface area contributed by atoms with E-state index in [0.717, 1.165) is 10.0 Å². The number of halogens is 1. The summed E-state index contributed by atoms with van der Waals surface area (Å²) in [5.41, 5.74) is -0.268. The fraction of sp³-hybridized carbons (Fsp3) is 0.222. The number of carbonyl (C=O) groups excluding carboxylic acids is 2. The Bertz CT molecular complexity index is 749. The summed E-state index contributed by atoms with van der Waals surface area (Å²) in [5, 5.41) is 2.78. The molecule has 2 aromatic rings. The van der Waals surface area contributed by atoms with E-state index >= 15 is 0 Å². The van der Waals surface area contributed by atoms with E-state index in [-0.39, 0.29) is 19.1 Å². The van der Waals surface area contributed by atoms with Crippen molar-refractivity contribution in [2.45, 2.75) is 12.5 Å². The van der Waals surface area contributed by atoms with Gasteiger partial charge in [-0.25, -0.2) is 4.79 Å². The smallest absolute Gasteiger partial charge is 0.325 e. The first kappa shape index (κ1) is 16.5. The predicted octanol–water partition coefficient (Wildman–Crippen LogP) is 3.30. The molecular weight excluding hydrogens is 372 g/mol. The van der Waals surface area contributed by atoms with E-state index < -0.39 is 11.6 Å². The van der Waals surface area contributed by atoms with Gasteiger partial charge in [0.2, 0.25) is 0 Å². The van der Waals surface area contributed by atoms with Gasteiger partial charge in [-0.1, -0.05) is 46.3 Å². The standard InChI is InChI=1S/C18H17BrN2O3/c1-18(13-5-3-2-4-6-13)16(22)21(17(23)20-18)11-12-24-15-9-7-14(19)8-10-15/h2-10H,11-12H2,1H3,(H,20,23). The van der Waals surface area contributed by atoms with Crippen LogP contribution in [-0.2, 0) is 10.3 Å². The lowest BCUT2D eigenvalue weighted by molar-refractivity contribution is -0.131. The zero-order valence-electron chi connectivity index (χ0n) is 13.2. The van der Waals surface area contributed by atoms with Crippen molar-refractivity contribution in [3.05, 3.63) is 64.6 Å². The lowest BCUT2D eigenvalue weighted by Crippen LogP contribution is -2.41. The molecule has 1 aliphatic heterocycles. The number of rotatable bonds is 5. The maximum atomic E-state index is 12.7. The Morgan fingerprint density at radius 1 is 1.08 bits per heavy atom. The predicted molar refractivity (Wildman–Crippen MR) is 93.7 cm³/mol. The van der Waals surface area contributed by atoms with E-state index in [1.165, 1.54) is 4.90 Å². The van der Waals surface area contributed by atoms with E-state index in [1.807, 2.05) is 54.6 Å². The van der Waals surface area contributed by atoms with Gasteiger partial charge in [-0.3, -0.25) is 9.69 Å². The molecule has 124 valence electrons. The molecule has 6 heteroatoms. The Kier molecular flexibility index (Phi) is 4.57. The largest absolute Gasteiger partial charge is 0.492 e. The first-order valence-corrected chi connectivity index (χ1v) is 8.38. The molecule has 0 aromatic heterocycles. The minimum atomic E-state index is -1.03. The van der Waals surface area contributed by atoms with Crippen molar-refractivity contribution in [2.24, 2.45) is 0 Å². The number of imide groups is 1. The Morgan fingerprint density at radius 2 is 1.75 bits per heavy atom. The zero-order valence-corrected chi connectivity index (χ0v) is 14.7. The molecule has 0 radical (unpaired) electrons. The SMILES string of the molecule is CC1(c2ccccc2)NC(=O)N(CCOc2ccc(Br)cc2)C1=O. The summed E-state index contributed by atoms with van der Waals surface area (Å²) >= 11 is 3.36. The van der Waals surface area contributed by atoms with Gasteiger partial charge in [0.05, 0.1) is 6.54 Å². The third-order valence-corrected chi connectivity index (χ3v) is 4.55. The molecule has 1 aliphatic rings. The topological polar surface area (TPSA) is 58.6 Å². The summed E-state index contributed by atoms with van der Waals surface area (Å²) in [6, 6.07) is 16.2. The van der Waals surface area contributed by atoms with Crippen LogP contribution < -0.4 is 10.1 Å². The van der Waals surface area contributed by atoms with Crippen LogP contribution in [0.25, 0.3) is 0 Å². The second kappa shape index (κ2) is 6.65. The summed E-state index contributed by atoms with van der Waals surface area (Å²) in [7, 11) is 0. The number of hydrogen-bond acceptors (Lipinski definition) is 3. The quantitative estimate of drug-likeness (QED) is 0.799. The van der Waals surface area contributed by atoms with Crippen molar-refractivity contribution in [3.63, 3.8) is 0 Å². The molecule has 1 unspecified atom stereocenters. The number of urea groups is 1. The number of benzene rings is 2. The molecule has 0 bridgehead atoms. The third kappa shape index (κ3) is 3.14. The minimum absolute atomic E-state index is 0.198. The fourth-order valence-electron chi connectivity index (χ4n) is 2.65. The van der Waals surface area contributed by atoms with Crippen LogP contribution >= 0.6 is 15.9 Å². The number of ether oxygens (including phenoxy) is 1. The summed E-state index contributed by atoms with van der Waals surface area (Å²) in [5.74, 6) is 0.425. The van der Waals surface area contributed by atoms with Crippen LogP contribution in [0.15, 0.2) is 59.1 Å². The molecule has 0 aliphatic carbocycles. The maximum Gasteiger partial charge on any atom is 0.325 e. The van der Waals surface area contributed by atoms with Gasteiger partial charge in [-0.05, 0) is 36.8 Å². The van der Waals surface area contributed by atoms with E-state index in [1.54, 1.807) is 6.92 Å². The van der Waals surface area contributed by atoms with Crippen molar-refractivity contribution < 1.29 is 14.3 Å². The van der Waals surface area contributed by atoms with Gasteiger partial charge in [0, 0.05) is 4.47 Å². The van der Waals surface area contributed by atoms with Crippen LogP contribution in [0.1, 0.15) is 12.5 Å². The Hall–Kier alpha value is -2.34. The van der Waals surface area contributed by atoms with Gasteiger partial charge in [-0.15, -0.1) is 0 Å². The van der Waals surface area contributed by atoms with Crippen molar-refractivity contribution in [2.75, 3.05) is 13.2 Å². The lowest BCUT2D eigenvalue weighted by Gasteiger charge is -2.22. The monoisotopic (exact) mass is 388 g/mol. The van der Waals surface area contributed by atoms with Gasteiger partial charge >= 0.3 is 6.03 Å². The summed E-state index contributed by atoms with van der Waals surface area (Å²) in [6.07, 6.45) is 0. The van der Waals surface area contributed by atoms with E-state index in [4.69, 9.17) is 4.74 Å². The van der Waals surface area contributed by atoms with Gasteiger partial charge in [-0.2, -0.15) is 0 Å². The molecule has 1 atom stereocenters. The molecule has 5 nitrogen and oxygen atoms in total. The van der Waals surface area contributed by atoms with Crippen LogP contribution in [-0.4, -0.2) is 30.0 Å². The van der Waals surface area contributed by atoms with Crippen molar-refractivity contribution in [3.8, 4) is 5.75 Å². The third-order valence-electron chi connectivity index (χ3n) is 4.02. The minimum Gasteiger partial charge on any atom is -0.492 e. The maximum absolute atomic E-state index is 12.7. The van der Waals surface area contributed by atoms with Gasteiger partial charge < -0.3 is 10.1 Å². The molecule has 3 rings (SSSR count). The second-order valence-corrected chi connectivity index (χ2v) is 6.60. The van der Waals surface area contributed by atoms with Crippen LogP contribution in [0.3, 0.4) is 0 Å². The van der Waals surface area contributed by atoms with Crippen LogP contribution in [0.4, 0.5) is 4.79 Å². The molecule has 24 heavy (non-hydrogen) atoms. The molecular formula is C18H17BrN2O3. The number of amides is 3. The van der Waals surface area contributed by atoms with Crippen LogP contribution in [0, 0.1) is 0 Å². The van der Waals surface area contributed by atoms with E-state index in [9.17, 15) is 9.59 Å². The highest BCUT2D eigenvalue weighted by atomic mass is 79.9. The Labute approximate surface area is 148 Å². The molecule has 3 amide bonds. The molecule has 1 saturated heterocycles. The summed E-state index contributed by atoms with van der Waals surface area (Å²) in [4.78, 5) is 26.1. The molecule has 1 fully saturated rings. The molecule has 0 saturated carbocycles. The Morgan fingerprint density at radius 3 is 2.42 bits per heavy atom. The molecule has 1 N–H and O–H groups in total. The summed E-state index contributed by atoms with van der Waals surface area (Å²) < 4.78 is 6.56. The average molecular weight is 389 g/mol. The molecule has 0 spiro atoms. The van der Waals surface area contributed by atoms with Gasteiger partial charge in [0.1, 0.15) is 17.9 Å². The Balaban J connectivity index is 1.65. The highest BCUT2D eigenvalue weighted by molar-refractivity contribution is 9.10. The van der Waals surface area contributed by atoms with Crippen molar-refractivity contribution >= 4 is 27.9 Å². The first-order chi connectivity index (χ1) is 11.5. The number of hydrogen-bond donors (Lipinski definition) is 1. The van der Waals surface area contributed by atoms with Crippen molar-refractivity contribution in [1.29, 1.82) is 0 Å².